The predicted octanol–water partition coefficient (Wildman–Crippen LogP) is 5.25. The van der Waals surface area contributed by atoms with Crippen molar-refractivity contribution in [3.05, 3.63) is 57.0 Å². The molecule has 0 saturated heterocycles. The fourth-order valence-electron chi connectivity index (χ4n) is 1.78. The number of carbonyl (C=O) groups excluding carboxylic acids is 2. The minimum absolute atomic E-state index is 0.130. The summed E-state index contributed by atoms with van der Waals surface area (Å²) < 4.78 is 0. The molecule has 2 amide bonds. The molecule has 0 aromatic heterocycles. The summed E-state index contributed by atoms with van der Waals surface area (Å²) in [5, 5.41) is 6.39. The fraction of sp³-hybridized carbons (Fsp3) is 0.125. The molecule has 0 spiro atoms. The van der Waals surface area contributed by atoms with Gasteiger partial charge in [0.15, 0.2) is 0 Å². The number of hydrogen-bond acceptors (Lipinski definition) is 2. The fourth-order valence-corrected chi connectivity index (χ4v) is 2.24. The summed E-state index contributed by atoms with van der Waals surface area (Å²) in [5.74, 6) is -0.515. The zero-order valence-electron chi connectivity index (χ0n) is 12.1. The summed E-state index contributed by atoms with van der Waals surface area (Å²) in [6, 6.07) is 9.40. The van der Waals surface area contributed by atoms with Crippen LogP contribution in [0.5, 0.6) is 0 Å². The Balaban J connectivity index is 2.21. The molecule has 2 aromatic rings. The van der Waals surface area contributed by atoms with Crippen LogP contribution in [-0.4, -0.2) is 11.8 Å². The van der Waals surface area contributed by atoms with Crippen LogP contribution in [0.4, 0.5) is 11.4 Å². The van der Waals surface area contributed by atoms with Gasteiger partial charge >= 0.3 is 0 Å². The van der Waals surface area contributed by atoms with Crippen LogP contribution in [-0.2, 0) is 4.79 Å². The number of rotatable bonds is 4. The normalized spacial score (nSPS) is 10.3. The van der Waals surface area contributed by atoms with E-state index in [0.29, 0.717) is 33.4 Å². The quantitative estimate of drug-likeness (QED) is 0.771. The van der Waals surface area contributed by atoms with Gasteiger partial charge < -0.3 is 10.6 Å². The Hall–Kier alpha value is -1.75. The smallest absolute Gasteiger partial charge is 0.255 e. The van der Waals surface area contributed by atoms with E-state index < -0.39 is 0 Å². The first-order valence-electron chi connectivity index (χ1n) is 6.76. The topological polar surface area (TPSA) is 58.2 Å². The van der Waals surface area contributed by atoms with Crippen LogP contribution in [0.25, 0.3) is 0 Å². The molecule has 0 unspecified atom stereocenters. The maximum atomic E-state index is 12.3. The Kier molecular flexibility index (Phi) is 5.88. The van der Waals surface area contributed by atoms with Crippen LogP contribution < -0.4 is 10.6 Å². The first-order chi connectivity index (χ1) is 10.9. The van der Waals surface area contributed by atoms with E-state index in [0.717, 1.165) is 0 Å². The molecule has 0 aliphatic carbocycles. The van der Waals surface area contributed by atoms with E-state index in [1.807, 2.05) is 0 Å². The minimum Gasteiger partial charge on any atom is -0.326 e. The largest absolute Gasteiger partial charge is 0.326 e. The zero-order chi connectivity index (χ0) is 17.0. The van der Waals surface area contributed by atoms with E-state index in [1.54, 1.807) is 31.2 Å². The number of benzene rings is 2. The Morgan fingerprint density at radius 1 is 0.913 bits per heavy atom. The Labute approximate surface area is 148 Å². The van der Waals surface area contributed by atoms with Crippen molar-refractivity contribution in [3.63, 3.8) is 0 Å². The average molecular weight is 372 g/mol. The summed E-state index contributed by atoms with van der Waals surface area (Å²) in [6.45, 7) is 1.75. The predicted molar refractivity (Wildman–Crippen MR) is 94.8 cm³/mol. The molecule has 0 fully saturated rings. The Morgan fingerprint density at radius 2 is 1.61 bits per heavy atom. The highest BCUT2D eigenvalue weighted by Gasteiger charge is 2.11. The lowest BCUT2D eigenvalue weighted by Gasteiger charge is -2.11. The molecule has 0 heterocycles. The number of amides is 2. The molecule has 0 aliphatic heterocycles. The van der Waals surface area contributed by atoms with Gasteiger partial charge in [-0.2, -0.15) is 0 Å². The van der Waals surface area contributed by atoms with Gasteiger partial charge in [0.1, 0.15) is 0 Å². The van der Waals surface area contributed by atoms with E-state index in [1.165, 1.54) is 12.1 Å². The second kappa shape index (κ2) is 7.68. The highest BCUT2D eigenvalue weighted by Crippen LogP contribution is 2.27. The third kappa shape index (κ3) is 4.61. The van der Waals surface area contributed by atoms with Gasteiger partial charge in [0.05, 0.1) is 20.8 Å². The van der Waals surface area contributed by atoms with Crippen molar-refractivity contribution in [3.8, 4) is 0 Å². The van der Waals surface area contributed by atoms with Gasteiger partial charge in [-0.05, 0) is 36.4 Å². The van der Waals surface area contributed by atoms with Crippen LogP contribution in [0.15, 0.2) is 36.4 Å². The lowest BCUT2D eigenvalue weighted by Crippen LogP contribution is -2.13. The van der Waals surface area contributed by atoms with Gasteiger partial charge in [-0.15, -0.1) is 0 Å². The summed E-state index contributed by atoms with van der Waals surface area (Å²) in [7, 11) is 0. The SMILES string of the molecule is CCC(=O)Nc1ccc(Cl)c(NC(=O)c2ccc(Cl)c(Cl)c2)c1. The van der Waals surface area contributed by atoms with Crippen molar-refractivity contribution < 1.29 is 9.59 Å². The molecule has 2 rings (SSSR count). The van der Waals surface area contributed by atoms with E-state index in [-0.39, 0.29) is 16.8 Å². The average Bonchev–Trinajstić information content (AvgIpc) is 2.53. The zero-order valence-corrected chi connectivity index (χ0v) is 14.4. The van der Waals surface area contributed by atoms with Gasteiger partial charge in [-0.3, -0.25) is 9.59 Å². The van der Waals surface area contributed by atoms with E-state index in [2.05, 4.69) is 10.6 Å². The lowest BCUT2D eigenvalue weighted by molar-refractivity contribution is -0.115. The molecular weight excluding hydrogens is 359 g/mol. The maximum Gasteiger partial charge on any atom is 0.255 e. The van der Waals surface area contributed by atoms with Crippen LogP contribution >= 0.6 is 34.8 Å². The van der Waals surface area contributed by atoms with Crippen molar-refractivity contribution in [2.45, 2.75) is 13.3 Å². The van der Waals surface area contributed by atoms with Crippen LogP contribution in [0.3, 0.4) is 0 Å². The third-order valence-electron chi connectivity index (χ3n) is 3.00. The standard InChI is InChI=1S/C16H13Cl3N2O2/c1-2-15(22)20-10-4-6-12(18)14(8-10)21-16(23)9-3-5-11(17)13(19)7-9/h3-8H,2H2,1H3,(H,20,22)(H,21,23). The number of nitrogens with one attached hydrogen (secondary N) is 2. The van der Waals surface area contributed by atoms with Crippen molar-refractivity contribution in [1.29, 1.82) is 0 Å². The first kappa shape index (κ1) is 17.6. The molecule has 2 aromatic carbocycles. The monoisotopic (exact) mass is 370 g/mol. The molecule has 0 radical (unpaired) electrons. The summed E-state index contributed by atoms with van der Waals surface area (Å²) >= 11 is 17.8. The van der Waals surface area contributed by atoms with Crippen LogP contribution in [0, 0.1) is 0 Å². The summed E-state index contributed by atoms with van der Waals surface area (Å²) in [5.41, 5.74) is 1.28. The molecule has 7 heteroatoms. The maximum absolute atomic E-state index is 12.3. The highest BCUT2D eigenvalue weighted by atomic mass is 35.5. The van der Waals surface area contributed by atoms with Gasteiger partial charge in [0.2, 0.25) is 5.91 Å². The van der Waals surface area contributed by atoms with Gasteiger partial charge in [-0.25, -0.2) is 0 Å². The minimum atomic E-state index is -0.385. The van der Waals surface area contributed by atoms with Crippen LogP contribution in [0.1, 0.15) is 23.7 Å². The Bertz CT molecular complexity index is 763. The molecule has 0 bridgehead atoms. The number of anilines is 2. The summed E-state index contributed by atoms with van der Waals surface area (Å²) in [6.07, 6.45) is 0.355. The second-order valence-electron chi connectivity index (χ2n) is 4.68. The number of halogens is 3. The van der Waals surface area contributed by atoms with Gasteiger partial charge in [0, 0.05) is 17.7 Å². The van der Waals surface area contributed by atoms with E-state index in [4.69, 9.17) is 34.8 Å². The van der Waals surface area contributed by atoms with Crippen molar-refractivity contribution in [2.75, 3.05) is 10.6 Å². The lowest BCUT2D eigenvalue weighted by atomic mass is 10.2. The summed E-state index contributed by atoms with van der Waals surface area (Å²) in [4.78, 5) is 23.7. The molecule has 23 heavy (non-hydrogen) atoms. The first-order valence-corrected chi connectivity index (χ1v) is 7.90. The van der Waals surface area contributed by atoms with Gasteiger partial charge in [0.25, 0.3) is 5.91 Å². The van der Waals surface area contributed by atoms with Crippen molar-refractivity contribution >= 4 is 58.0 Å². The molecular formula is C16H13Cl3N2O2. The second-order valence-corrected chi connectivity index (χ2v) is 5.90. The highest BCUT2D eigenvalue weighted by molar-refractivity contribution is 6.42. The van der Waals surface area contributed by atoms with Crippen LogP contribution in [0.2, 0.25) is 15.1 Å². The van der Waals surface area contributed by atoms with E-state index >= 15 is 0 Å². The molecule has 0 aliphatic rings. The van der Waals surface area contributed by atoms with Crippen molar-refractivity contribution in [2.24, 2.45) is 0 Å². The van der Waals surface area contributed by atoms with Crippen molar-refractivity contribution in [1.82, 2.24) is 0 Å². The third-order valence-corrected chi connectivity index (χ3v) is 4.07. The number of carbonyl (C=O) groups is 2. The molecule has 4 nitrogen and oxygen atoms in total. The molecule has 2 N–H and O–H groups in total. The van der Waals surface area contributed by atoms with E-state index in [9.17, 15) is 9.59 Å². The molecule has 120 valence electrons. The van der Waals surface area contributed by atoms with Gasteiger partial charge in [-0.1, -0.05) is 41.7 Å². The molecule has 0 saturated carbocycles. The number of hydrogen-bond donors (Lipinski definition) is 2. The molecule has 0 atom stereocenters. The Morgan fingerprint density at radius 3 is 2.26 bits per heavy atom.